The standard InChI is InChI=1S/C15H19NO3/c17-13-2-1-6-16(9-13)10-14(18)11-3-4-15-12(8-11)5-7-19-15/h3-4,8,13,17H,1-2,5-7,9-10H2. The molecule has 2 aliphatic heterocycles. The van der Waals surface area contributed by atoms with Gasteiger partial charge < -0.3 is 9.84 Å². The topological polar surface area (TPSA) is 49.8 Å². The summed E-state index contributed by atoms with van der Waals surface area (Å²) in [5, 5.41) is 9.62. The lowest BCUT2D eigenvalue weighted by molar-refractivity contribution is 0.0634. The highest BCUT2D eigenvalue weighted by molar-refractivity contribution is 5.98. The number of fused-ring (bicyclic) bond motifs is 1. The molecule has 1 saturated heterocycles. The molecule has 0 aliphatic carbocycles. The summed E-state index contributed by atoms with van der Waals surface area (Å²) in [5.74, 6) is 1.04. The molecule has 0 bridgehead atoms. The van der Waals surface area contributed by atoms with Gasteiger partial charge in [-0.25, -0.2) is 0 Å². The number of carbonyl (C=O) groups is 1. The third-order valence-corrected chi connectivity index (χ3v) is 3.86. The third kappa shape index (κ3) is 2.80. The van der Waals surface area contributed by atoms with Gasteiger partial charge in [0.1, 0.15) is 5.75 Å². The van der Waals surface area contributed by atoms with Crippen molar-refractivity contribution in [2.75, 3.05) is 26.2 Å². The van der Waals surface area contributed by atoms with Crippen LogP contribution in [0.25, 0.3) is 0 Å². The number of hydrogen-bond donors (Lipinski definition) is 1. The van der Waals surface area contributed by atoms with Gasteiger partial charge in [-0.05, 0) is 43.1 Å². The van der Waals surface area contributed by atoms with Gasteiger partial charge in [-0.15, -0.1) is 0 Å². The Morgan fingerprint density at radius 1 is 1.47 bits per heavy atom. The van der Waals surface area contributed by atoms with Crippen molar-refractivity contribution in [1.82, 2.24) is 4.90 Å². The Morgan fingerprint density at radius 3 is 3.21 bits per heavy atom. The number of likely N-dealkylation sites (tertiary alicyclic amines) is 1. The highest BCUT2D eigenvalue weighted by Gasteiger charge is 2.21. The van der Waals surface area contributed by atoms with Gasteiger partial charge in [-0.1, -0.05) is 0 Å². The lowest BCUT2D eigenvalue weighted by Gasteiger charge is -2.29. The van der Waals surface area contributed by atoms with Gasteiger partial charge >= 0.3 is 0 Å². The Bertz CT molecular complexity index is 486. The number of Topliss-reactive ketones (excluding diaryl/α,β-unsaturated/α-hetero) is 1. The van der Waals surface area contributed by atoms with Gasteiger partial charge in [0.05, 0.1) is 19.3 Å². The van der Waals surface area contributed by atoms with Gasteiger partial charge in [-0.2, -0.15) is 0 Å². The molecule has 0 spiro atoms. The second kappa shape index (κ2) is 5.31. The highest BCUT2D eigenvalue weighted by Crippen LogP contribution is 2.26. The van der Waals surface area contributed by atoms with Gasteiger partial charge in [0.15, 0.2) is 5.78 Å². The van der Waals surface area contributed by atoms with Gasteiger partial charge in [0.25, 0.3) is 0 Å². The molecule has 2 aliphatic rings. The summed E-state index contributed by atoms with van der Waals surface area (Å²) >= 11 is 0. The van der Waals surface area contributed by atoms with Gasteiger partial charge in [0, 0.05) is 18.5 Å². The minimum absolute atomic E-state index is 0.129. The van der Waals surface area contributed by atoms with E-state index in [0.717, 1.165) is 42.7 Å². The number of β-amino-alcohol motifs (C(OH)–C–C–N with tert-alkyl or cyclic N) is 1. The number of nitrogens with zero attached hydrogens (tertiary/aromatic N) is 1. The van der Waals surface area contributed by atoms with Crippen molar-refractivity contribution in [2.45, 2.75) is 25.4 Å². The molecular weight excluding hydrogens is 242 g/mol. The summed E-state index contributed by atoms with van der Waals surface area (Å²) in [7, 11) is 0. The molecule has 0 aromatic heterocycles. The molecule has 1 aromatic carbocycles. The fraction of sp³-hybridized carbons (Fsp3) is 0.533. The van der Waals surface area contributed by atoms with Crippen molar-refractivity contribution >= 4 is 5.78 Å². The number of benzene rings is 1. The van der Waals surface area contributed by atoms with E-state index in [1.165, 1.54) is 0 Å². The molecule has 1 aromatic rings. The van der Waals surface area contributed by atoms with E-state index in [-0.39, 0.29) is 11.9 Å². The van der Waals surface area contributed by atoms with Crippen LogP contribution in [0.3, 0.4) is 0 Å². The van der Waals surface area contributed by atoms with Gasteiger partial charge in [-0.3, -0.25) is 9.69 Å². The van der Waals surface area contributed by atoms with Crippen molar-refractivity contribution in [3.8, 4) is 5.75 Å². The zero-order chi connectivity index (χ0) is 13.2. The SMILES string of the molecule is O=C(CN1CCCC(O)C1)c1ccc2c(c1)CCO2. The molecule has 19 heavy (non-hydrogen) atoms. The van der Waals surface area contributed by atoms with Crippen LogP contribution in [-0.4, -0.2) is 48.1 Å². The second-order valence-corrected chi connectivity index (χ2v) is 5.38. The first kappa shape index (κ1) is 12.6. The first-order valence-corrected chi connectivity index (χ1v) is 6.92. The molecule has 1 unspecified atom stereocenters. The number of hydrogen-bond acceptors (Lipinski definition) is 4. The first-order valence-electron chi connectivity index (χ1n) is 6.92. The molecule has 0 amide bonds. The maximum atomic E-state index is 12.3. The van der Waals surface area contributed by atoms with E-state index in [0.29, 0.717) is 19.7 Å². The molecule has 3 rings (SSSR count). The Hall–Kier alpha value is -1.39. The minimum Gasteiger partial charge on any atom is -0.493 e. The zero-order valence-corrected chi connectivity index (χ0v) is 11.0. The molecule has 102 valence electrons. The summed E-state index contributed by atoms with van der Waals surface area (Å²) in [6, 6.07) is 5.68. The molecule has 1 fully saturated rings. The first-order chi connectivity index (χ1) is 9.22. The van der Waals surface area contributed by atoms with Crippen LogP contribution in [0.2, 0.25) is 0 Å². The molecule has 4 nitrogen and oxygen atoms in total. The number of aliphatic hydroxyl groups excluding tert-OH is 1. The van der Waals surface area contributed by atoms with Crippen molar-refractivity contribution in [3.63, 3.8) is 0 Å². The minimum atomic E-state index is -0.282. The molecule has 0 saturated carbocycles. The van der Waals surface area contributed by atoms with Crippen molar-refractivity contribution in [1.29, 1.82) is 0 Å². The van der Waals surface area contributed by atoms with Crippen LogP contribution in [-0.2, 0) is 6.42 Å². The zero-order valence-electron chi connectivity index (χ0n) is 11.0. The number of ketones is 1. The molecule has 1 N–H and O–H groups in total. The van der Waals surface area contributed by atoms with E-state index in [4.69, 9.17) is 4.74 Å². The predicted molar refractivity (Wildman–Crippen MR) is 71.7 cm³/mol. The average molecular weight is 261 g/mol. The highest BCUT2D eigenvalue weighted by atomic mass is 16.5. The Kier molecular flexibility index (Phi) is 3.53. The maximum Gasteiger partial charge on any atom is 0.176 e. The number of rotatable bonds is 3. The Labute approximate surface area is 113 Å². The van der Waals surface area contributed by atoms with E-state index in [1.54, 1.807) is 0 Å². The lowest BCUT2D eigenvalue weighted by Crippen LogP contribution is -2.41. The largest absolute Gasteiger partial charge is 0.493 e. The normalized spacial score (nSPS) is 22.9. The number of piperidine rings is 1. The van der Waals surface area contributed by atoms with E-state index >= 15 is 0 Å². The smallest absolute Gasteiger partial charge is 0.176 e. The van der Waals surface area contributed by atoms with Crippen molar-refractivity contribution in [2.24, 2.45) is 0 Å². The fourth-order valence-electron chi connectivity index (χ4n) is 2.83. The Morgan fingerprint density at radius 2 is 2.37 bits per heavy atom. The maximum absolute atomic E-state index is 12.3. The summed E-state index contributed by atoms with van der Waals surface area (Å²) in [5.41, 5.74) is 1.88. The van der Waals surface area contributed by atoms with Crippen molar-refractivity contribution in [3.05, 3.63) is 29.3 Å². The van der Waals surface area contributed by atoms with E-state index in [9.17, 15) is 9.90 Å². The second-order valence-electron chi connectivity index (χ2n) is 5.38. The monoisotopic (exact) mass is 261 g/mol. The number of aliphatic hydroxyl groups is 1. The quantitative estimate of drug-likeness (QED) is 0.832. The molecular formula is C15H19NO3. The van der Waals surface area contributed by atoms with E-state index in [2.05, 4.69) is 0 Å². The summed E-state index contributed by atoms with van der Waals surface area (Å²) in [6.45, 7) is 2.62. The summed E-state index contributed by atoms with van der Waals surface area (Å²) in [4.78, 5) is 14.3. The van der Waals surface area contributed by atoms with Crippen LogP contribution < -0.4 is 4.74 Å². The lowest BCUT2D eigenvalue weighted by atomic mass is 10.0. The van der Waals surface area contributed by atoms with Crippen LogP contribution in [0.1, 0.15) is 28.8 Å². The van der Waals surface area contributed by atoms with Crippen molar-refractivity contribution < 1.29 is 14.6 Å². The van der Waals surface area contributed by atoms with Crippen LogP contribution in [0, 0.1) is 0 Å². The fourth-order valence-corrected chi connectivity index (χ4v) is 2.83. The van der Waals surface area contributed by atoms with Crippen LogP contribution in [0.15, 0.2) is 18.2 Å². The number of ether oxygens (including phenoxy) is 1. The average Bonchev–Trinajstić information content (AvgIpc) is 2.85. The molecule has 0 radical (unpaired) electrons. The van der Waals surface area contributed by atoms with E-state index in [1.807, 2.05) is 23.1 Å². The van der Waals surface area contributed by atoms with E-state index < -0.39 is 0 Å². The molecule has 1 atom stereocenters. The van der Waals surface area contributed by atoms with Crippen LogP contribution >= 0.6 is 0 Å². The predicted octanol–water partition coefficient (Wildman–Crippen LogP) is 1.26. The summed E-state index contributed by atoms with van der Waals surface area (Å²) < 4.78 is 5.44. The molecule has 2 heterocycles. The number of carbonyl (C=O) groups excluding carboxylic acids is 1. The molecule has 4 heteroatoms. The van der Waals surface area contributed by atoms with Crippen LogP contribution in [0.5, 0.6) is 5.75 Å². The Balaban J connectivity index is 1.67. The van der Waals surface area contributed by atoms with Crippen LogP contribution in [0.4, 0.5) is 0 Å². The third-order valence-electron chi connectivity index (χ3n) is 3.86. The van der Waals surface area contributed by atoms with Gasteiger partial charge in [0.2, 0.25) is 0 Å². The summed E-state index contributed by atoms with van der Waals surface area (Å²) in [6.07, 6.45) is 2.42.